The topological polar surface area (TPSA) is 0 Å². The average Bonchev–Trinajstić information content (AvgIpc) is 1.31. The zero-order valence-electron chi connectivity index (χ0n) is 4.92. The van der Waals surface area contributed by atoms with Gasteiger partial charge in [0.1, 0.15) is 0 Å². The van der Waals surface area contributed by atoms with Crippen LogP contribution in [0.3, 0.4) is 0 Å². The van der Waals surface area contributed by atoms with E-state index in [0.29, 0.717) is 4.32 Å². The van der Waals surface area contributed by atoms with E-state index in [2.05, 4.69) is 45.3 Å². The molecule has 3 heteroatoms. The maximum atomic E-state index is 4.19. The maximum absolute atomic E-state index is 4.19. The van der Waals surface area contributed by atoms with Gasteiger partial charge in [-0.1, -0.05) is 0 Å². The second kappa shape index (κ2) is 2.61. The normalized spacial score (nSPS) is 12.9. The molecule has 0 rings (SSSR count). The van der Waals surface area contributed by atoms with E-state index in [4.69, 9.17) is 0 Å². The van der Waals surface area contributed by atoms with Gasteiger partial charge in [-0.05, 0) is 0 Å². The van der Waals surface area contributed by atoms with E-state index in [1.807, 2.05) is 0 Å². The molecule has 0 saturated heterocycles. The molecule has 0 aromatic carbocycles. The Labute approximate surface area is 57.2 Å². The number of hydrogen-bond donors (Lipinski definition) is 2. The van der Waals surface area contributed by atoms with Crippen LogP contribution in [-0.2, 0) is 0 Å². The van der Waals surface area contributed by atoms with Crippen molar-refractivity contribution in [2.45, 2.75) is 4.32 Å². The van der Waals surface area contributed by atoms with Gasteiger partial charge in [-0.15, -0.1) is 25.3 Å². The van der Waals surface area contributed by atoms with Crippen molar-refractivity contribution in [2.24, 2.45) is 0 Å². The summed E-state index contributed by atoms with van der Waals surface area (Å²) in [5.41, 5.74) is 0. The van der Waals surface area contributed by atoms with Gasteiger partial charge in [-0.3, -0.25) is 0 Å². The molecule has 0 heterocycles. The maximum Gasteiger partial charge on any atom is 0.153 e. The third kappa shape index (κ3) is 3.69. The quantitative estimate of drug-likeness (QED) is 0.323. The Balaban J connectivity index is 3.54. The summed E-state index contributed by atoms with van der Waals surface area (Å²) >= 11 is 8.38. The Morgan fingerprint density at radius 1 is 1.14 bits per heavy atom. The lowest BCUT2D eigenvalue weighted by Crippen LogP contribution is -1.93. The first-order valence-electron chi connectivity index (χ1n) is 2.12. The molecule has 0 fully saturated rings. The zero-order chi connectivity index (χ0) is 6.08. The van der Waals surface area contributed by atoms with E-state index in [1.165, 1.54) is 0 Å². The van der Waals surface area contributed by atoms with Crippen molar-refractivity contribution in [2.75, 3.05) is 20.0 Å². The van der Waals surface area contributed by atoms with Gasteiger partial charge in [0.2, 0.25) is 0 Å². The van der Waals surface area contributed by atoms with Crippen LogP contribution < -0.4 is 0 Å². The van der Waals surface area contributed by atoms with Crippen LogP contribution in [-0.4, -0.2) is 24.3 Å². The summed E-state index contributed by atoms with van der Waals surface area (Å²) in [6.07, 6.45) is 0. The number of thiol groups is 2. The summed E-state index contributed by atoms with van der Waals surface area (Å²) in [6.45, 7) is 6.66. The van der Waals surface area contributed by atoms with Crippen molar-refractivity contribution < 1.29 is 0 Å². The summed E-state index contributed by atoms with van der Waals surface area (Å²) in [6, 6.07) is 0. The molecule has 0 aliphatic carbocycles. The van der Waals surface area contributed by atoms with Crippen LogP contribution in [0.2, 0.25) is 0 Å². The van der Waals surface area contributed by atoms with Crippen molar-refractivity contribution in [3.8, 4) is 0 Å². The highest BCUT2D eigenvalue weighted by Gasteiger charge is 2.23. The third-order valence-corrected chi connectivity index (χ3v) is 6.24. The first kappa shape index (κ1) is 8.13. The van der Waals surface area contributed by atoms with Crippen molar-refractivity contribution in [1.82, 2.24) is 0 Å². The summed E-state index contributed by atoms with van der Waals surface area (Å²) in [7, 11) is -0.759. The Kier molecular flexibility index (Phi) is 3.03. The highest BCUT2D eigenvalue weighted by atomic mass is 32.2. The molecule has 0 N–H and O–H groups in total. The van der Waals surface area contributed by atoms with Crippen LogP contribution in [0, 0.1) is 0 Å². The lowest BCUT2D eigenvalue weighted by molar-refractivity contribution is 1.84. The first-order chi connectivity index (χ1) is 2.94. The number of hydrogen-bond acceptors (Lipinski definition) is 2. The van der Waals surface area contributed by atoms with Crippen LogP contribution in [0.4, 0.5) is 0 Å². The molecule has 44 valence electrons. The molecular formula is C4H12PS2+. The highest BCUT2D eigenvalue weighted by molar-refractivity contribution is 8.12. The number of rotatable bonds is 1. The van der Waals surface area contributed by atoms with E-state index in [-0.39, 0.29) is 0 Å². The fourth-order valence-corrected chi connectivity index (χ4v) is 0. The van der Waals surface area contributed by atoms with E-state index in [1.54, 1.807) is 0 Å². The van der Waals surface area contributed by atoms with Gasteiger partial charge in [-0.25, -0.2) is 0 Å². The molecule has 0 aromatic rings. The van der Waals surface area contributed by atoms with Gasteiger partial charge in [0.15, 0.2) is 4.32 Å². The summed E-state index contributed by atoms with van der Waals surface area (Å²) in [4.78, 5) is 0. The van der Waals surface area contributed by atoms with Gasteiger partial charge in [0.05, 0.1) is 20.0 Å². The van der Waals surface area contributed by atoms with Crippen LogP contribution >= 0.6 is 32.5 Å². The molecule has 0 nitrogen and oxygen atoms in total. The van der Waals surface area contributed by atoms with E-state index < -0.39 is 7.26 Å². The van der Waals surface area contributed by atoms with Crippen molar-refractivity contribution in [1.29, 1.82) is 0 Å². The smallest absolute Gasteiger partial charge is 0.125 e. The predicted molar refractivity (Wildman–Crippen MR) is 46.5 cm³/mol. The lowest BCUT2D eigenvalue weighted by Gasteiger charge is -2.13. The molecule has 0 aromatic heterocycles. The largest absolute Gasteiger partial charge is 0.153 e. The summed E-state index contributed by atoms with van der Waals surface area (Å²) < 4.78 is 0.299. The molecule has 0 atom stereocenters. The molecule has 0 bridgehead atoms. The van der Waals surface area contributed by atoms with E-state index >= 15 is 0 Å². The minimum Gasteiger partial charge on any atom is -0.125 e. The van der Waals surface area contributed by atoms with Gasteiger partial charge in [0.25, 0.3) is 0 Å². The highest BCUT2D eigenvalue weighted by Crippen LogP contribution is 2.55. The standard InChI is InChI=1S/C4H11PS2/c1-5(2,3)4(6)7/h4H,1-3H3,(H-,6,7)/p+1. The lowest BCUT2D eigenvalue weighted by atomic mass is 11.8. The fourth-order valence-electron chi connectivity index (χ4n) is 0. The van der Waals surface area contributed by atoms with Crippen molar-refractivity contribution >= 4 is 32.5 Å². The molecule has 0 unspecified atom stereocenters. The van der Waals surface area contributed by atoms with E-state index in [9.17, 15) is 0 Å². The minimum absolute atomic E-state index is 0.299. The average molecular weight is 155 g/mol. The van der Waals surface area contributed by atoms with Crippen LogP contribution in [0.25, 0.3) is 0 Å². The fraction of sp³-hybridized carbons (Fsp3) is 1.00. The molecule has 0 amide bonds. The van der Waals surface area contributed by atoms with Crippen LogP contribution in [0.5, 0.6) is 0 Å². The van der Waals surface area contributed by atoms with Crippen molar-refractivity contribution in [3.05, 3.63) is 0 Å². The molecule has 7 heavy (non-hydrogen) atoms. The Hall–Kier alpha value is 1.13. The molecule has 0 aliphatic heterocycles. The zero-order valence-corrected chi connectivity index (χ0v) is 7.60. The Morgan fingerprint density at radius 3 is 1.29 bits per heavy atom. The molecule has 0 radical (unpaired) electrons. The minimum atomic E-state index is -0.759. The van der Waals surface area contributed by atoms with Gasteiger partial charge in [-0.2, -0.15) is 0 Å². The Bertz CT molecular complexity index is 55.2. The van der Waals surface area contributed by atoms with Crippen molar-refractivity contribution in [3.63, 3.8) is 0 Å². The van der Waals surface area contributed by atoms with Gasteiger partial charge < -0.3 is 0 Å². The molecule has 0 saturated carbocycles. The van der Waals surface area contributed by atoms with Gasteiger partial charge in [0, 0.05) is 7.26 Å². The monoisotopic (exact) mass is 155 g/mol. The Morgan fingerprint density at radius 2 is 1.29 bits per heavy atom. The second-order valence-electron chi connectivity index (χ2n) is 2.46. The van der Waals surface area contributed by atoms with E-state index in [0.717, 1.165) is 0 Å². The van der Waals surface area contributed by atoms with Crippen LogP contribution in [0.15, 0.2) is 0 Å². The third-order valence-electron chi connectivity index (χ3n) is 0.693. The predicted octanol–water partition coefficient (Wildman–Crippen LogP) is 2.04. The molecule has 0 spiro atoms. The molecular weight excluding hydrogens is 143 g/mol. The molecule has 0 aliphatic rings. The van der Waals surface area contributed by atoms with Gasteiger partial charge >= 0.3 is 0 Å². The second-order valence-corrected chi connectivity index (χ2v) is 9.47. The summed E-state index contributed by atoms with van der Waals surface area (Å²) in [5.74, 6) is 0. The SMILES string of the molecule is C[P+](C)(C)C(S)S. The van der Waals surface area contributed by atoms with Crippen LogP contribution in [0.1, 0.15) is 0 Å². The first-order valence-corrected chi connectivity index (χ1v) is 6.35. The summed E-state index contributed by atoms with van der Waals surface area (Å²) in [5, 5.41) is 0.